The Bertz CT molecular complexity index is 733. The van der Waals surface area contributed by atoms with E-state index < -0.39 is 11.2 Å². The van der Waals surface area contributed by atoms with Gasteiger partial charge in [-0.25, -0.2) is 4.79 Å². The first-order valence-electron chi connectivity index (χ1n) is 8.96. The number of benzene rings is 1. The molecule has 1 N–H and O–H groups in total. The third kappa shape index (κ3) is 3.42. The lowest BCUT2D eigenvalue weighted by molar-refractivity contribution is -0.141. The van der Waals surface area contributed by atoms with E-state index in [9.17, 15) is 15.2 Å². The first-order valence-corrected chi connectivity index (χ1v) is 8.96. The average Bonchev–Trinajstić information content (AvgIpc) is 2.51. The van der Waals surface area contributed by atoms with Gasteiger partial charge < -0.3 is 14.6 Å². The molecule has 2 heterocycles. The molecule has 6 nitrogen and oxygen atoms in total. The van der Waals surface area contributed by atoms with Crippen LogP contribution in [0.25, 0.3) is 0 Å². The van der Waals surface area contributed by atoms with Crippen molar-refractivity contribution < 1.29 is 19.4 Å². The normalized spacial score (nSPS) is 28.4. The van der Waals surface area contributed by atoms with Gasteiger partial charge in [0.1, 0.15) is 5.60 Å². The molecule has 2 bridgehead atoms. The third-order valence-corrected chi connectivity index (χ3v) is 5.02. The number of amides is 1. The number of fused-ring (bicyclic) bond motifs is 2. The first kappa shape index (κ1) is 18.7. The summed E-state index contributed by atoms with van der Waals surface area (Å²) < 4.78 is 11.2. The number of carbonyl (C=O) groups excluding carboxylic acids is 1. The van der Waals surface area contributed by atoms with Crippen LogP contribution in [0, 0.1) is 18.3 Å². The van der Waals surface area contributed by atoms with E-state index in [1.807, 2.05) is 39.8 Å². The van der Waals surface area contributed by atoms with Gasteiger partial charge in [-0.2, -0.15) is 5.26 Å². The van der Waals surface area contributed by atoms with Crippen molar-refractivity contribution in [2.45, 2.75) is 63.8 Å². The van der Waals surface area contributed by atoms with Crippen molar-refractivity contribution in [1.82, 2.24) is 4.90 Å². The van der Waals surface area contributed by atoms with Crippen LogP contribution in [0.1, 0.15) is 50.3 Å². The fraction of sp³-hybridized carbons (Fsp3) is 0.600. The second kappa shape index (κ2) is 6.57. The van der Waals surface area contributed by atoms with Gasteiger partial charge in [0.15, 0.2) is 0 Å². The molecule has 1 aromatic rings. The number of morpholine rings is 1. The molecule has 0 saturated carbocycles. The number of piperidine rings is 1. The van der Waals surface area contributed by atoms with E-state index in [2.05, 4.69) is 6.07 Å². The molecule has 0 spiro atoms. The average molecular weight is 358 g/mol. The molecule has 2 atom stereocenters. The summed E-state index contributed by atoms with van der Waals surface area (Å²) in [7, 11) is 0. The van der Waals surface area contributed by atoms with E-state index in [4.69, 9.17) is 9.47 Å². The summed E-state index contributed by atoms with van der Waals surface area (Å²) in [5.41, 5.74) is 0.301. The Morgan fingerprint density at radius 3 is 2.50 bits per heavy atom. The highest BCUT2D eigenvalue weighted by atomic mass is 16.6. The molecule has 26 heavy (non-hydrogen) atoms. The maximum Gasteiger partial charge on any atom is 0.410 e. The minimum atomic E-state index is -1.16. The van der Waals surface area contributed by atoms with Gasteiger partial charge in [-0.1, -0.05) is 12.1 Å². The molecule has 0 aromatic heterocycles. The lowest BCUT2D eigenvalue weighted by Gasteiger charge is -2.51. The van der Waals surface area contributed by atoms with E-state index in [0.717, 1.165) is 5.56 Å². The predicted octanol–water partition coefficient (Wildman–Crippen LogP) is 2.85. The summed E-state index contributed by atoms with van der Waals surface area (Å²) in [6, 6.07) is 7.08. The zero-order valence-corrected chi connectivity index (χ0v) is 15.8. The number of nitriles is 1. The largest absolute Gasteiger partial charge is 0.444 e. The number of nitrogens with zero attached hydrogens (tertiary/aromatic N) is 2. The van der Waals surface area contributed by atoms with Crippen molar-refractivity contribution in [1.29, 1.82) is 5.26 Å². The van der Waals surface area contributed by atoms with Gasteiger partial charge in [0, 0.05) is 18.4 Å². The standard InChI is InChI=1S/C20H26N2O4/c1-13-6-5-7-14(10-21)17(13)20(24)8-15-11-25-12-16(9-20)22(15)18(23)26-19(2,3)4/h5-7,15-16,24H,8-9,11-12H2,1-4H3. The van der Waals surface area contributed by atoms with Gasteiger partial charge in [-0.3, -0.25) is 4.90 Å². The van der Waals surface area contributed by atoms with E-state index in [0.29, 0.717) is 37.2 Å². The van der Waals surface area contributed by atoms with Crippen LogP contribution >= 0.6 is 0 Å². The van der Waals surface area contributed by atoms with Crippen molar-refractivity contribution in [2.75, 3.05) is 13.2 Å². The van der Waals surface area contributed by atoms with Crippen LogP contribution < -0.4 is 0 Å². The van der Waals surface area contributed by atoms with Crippen molar-refractivity contribution in [3.05, 3.63) is 34.9 Å². The summed E-state index contributed by atoms with van der Waals surface area (Å²) in [6.45, 7) is 8.12. The SMILES string of the molecule is Cc1cccc(C#N)c1C1(O)CC2COCC(C1)N2C(=O)OC(C)(C)C. The fourth-order valence-electron chi connectivity index (χ4n) is 4.17. The number of hydrogen-bond donors (Lipinski definition) is 1. The van der Waals surface area contributed by atoms with E-state index >= 15 is 0 Å². The molecule has 2 aliphatic rings. The molecule has 1 aromatic carbocycles. The van der Waals surface area contributed by atoms with Gasteiger partial charge in [0.2, 0.25) is 0 Å². The van der Waals surface area contributed by atoms with E-state index in [-0.39, 0.29) is 18.2 Å². The molecule has 3 rings (SSSR count). The van der Waals surface area contributed by atoms with Gasteiger partial charge >= 0.3 is 6.09 Å². The molecule has 2 saturated heterocycles. The Balaban J connectivity index is 1.93. The number of aliphatic hydroxyl groups is 1. The molecule has 2 unspecified atom stereocenters. The van der Waals surface area contributed by atoms with Gasteiger partial charge in [0.25, 0.3) is 0 Å². The summed E-state index contributed by atoms with van der Waals surface area (Å²) in [5.74, 6) is 0. The summed E-state index contributed by atoms with van der Waals surface area (Å²) in [4.78, 5) is 14.4. The Kier molecular flexibility index (Phi) is 4.72. The minimum Gasteiger partial charge on any atom is -0.444 e. The number of rotatable bonds is 1. The topological polar surface area (TPSA) is 82.8 Å². The number of aryl methyl sites for hydroxylation is 1. The lowest BCUT2D eigenvalue weighted by atomic mass is 9.74. The van der Waals surface area contributed by atoms with Crippen LogP contribution in [-0.2, 0) is 15.1 Å². The Hall–Kier alpha value is -2.10. The second-order valence-corrected chi connectivity index (χ2v) is 8.28. The minimum absolute atomic E-state index is 0.284. The molecule has 2 aliphatic heterocycles. The zero-order chi connectivity index (χ0) is 19.1. The summed E-state index contributed by atoms with van der Waals surface area (Å²) in [5, 5.41) is 21.0. The molecular weight excluding hydrogens is 332 g/mol. The van der Waals surface area contributed by atoms with Crippen LogP contribution in [0.2, 0.25) is 0 Å². The highest BCUT2D eigenvalue weighted by Gasteiger charge is 2.50. The summed E-state index contributed by atoms with van der Waals surface area (Å²) in [6.07, 6.45) is 0.271. The molecule has 1 amide bonds. The van der Waals surface area contributed by atoms with Crippen LogP contribution in [0.3, 0.4) is 0 Å². The van der Waals surface area contributed by atoms with Crippen LogP contribution in [-0.4, -0.2) is 47.0 Å². The number of ether oxygens (including phenoxy) is 2. The van der Waals surface area contributed by atoms with Crippen molar-refractivity contribution in [2.24, 2.45) is 0 Å². The smallest absolute Gasteiger partial charge is 0.410 e. The van der Waals surface area contributed by atoms with Crippen LogP contribution in [0.5, 0.6) is 0 Å². The molecule has 6 heteroatoms. The third-order valence-electron chi connectivity index (χ3n) is 5.02. The quantitative estimate of drug-likeness (QED) is 0.835. The summed E-state index contributed by atoms with van der Waals surface area (Å²) >= 11 is 0. The van der Waals surface area contributed by atoms with Gasteiger partial charge in [0.05, 0.1) is 42.5 Å². The fourth-order valence-corrected chi connectivity index (χ4v) is 4.17. The number of carbonyl (C=O) groups is 1. The maximum absolute atomic E-state index is 12.7. The zero-order valence-electron chi connectivity index (χ0n) is 15.8. The first-order chi connectivity index (χ1) is 12.1. The van der Waals surface area contributed by atoms with Gasteiger partial charge in [-0.15, -0.1) is 0 Å². The Labute approximate surface area is 154 Å². The van der Waals surface area contributed by atoms with Crippen molar-refractivity contribution >= 4 is 6.09 Å². The highest BCUT2D eigenvalue weighted by Crippen LogP contribution is 2.43. The monoisotopic (exact) mass is 358 g/mol. The molecule has 2 fully saturated rings. The van der Waals surface area contributed by atoms with Crippen LogP contribution in [0.4, 0.5) is 4.79 Å². The predicted molar refractivity (Wildman–Crippen MR) is 95.5 cm³/mol. The second-order valence-electron chi connectivity index (χ2n) is 8.28. The lowest BCUT2D eigenvalue weighted by Crippen LogP contribution is -2.63. The molecular formula is C20H26N2O4. The molecule has 140 valence electrons. The molecule has 0 aliphatic carbocycles. The van der Waals surface area contributed by atoms with Gasteiger partial charge in [-0.05, 0) is 39.3 Å². The van der Waals surface area contributed by atoms with Crippen LogP contribution in [0.15, 0.2) is 18.2 Å². The highest BCUT2D eigenvalue weighted by molar-refractivity contribution is 5.69. The number of hydrogen-bond acceptors (Lipinski definition) is 5. The molecule has 0 radical (unpaired) electrons. The van der Waals surface area contributed by atoms with Crippen molar-refractivity contribution in [3.8, 4) is 6.07 Å². The Morgan fingerprint density at radius 1 is 1.35 bits per heavy atom. The Morgan fingerprint density at radius 2 is 1.96 bits per heavy atom. The van der Waals surface area contributed by atoms with Crippen molar-refractivity contribution in [3.63, 3.8) is 0 Å². The van der Waals surface area contributed by atoms with E-state index in [1.54, 1.807) is 11.0 Å². The van der Waals surface area contributed by atoms with E-state index in [1.165, 1.54) is 0 Å². The maximum atomic E-state index is 12.7.